The number of halogens is 4. The van der Waals surface area contributed by atoms with Crippen LogP contribution in [-0.4, -0.2) is 4.98 Å². The number of nitrogens with zero attached hydrogens (tertiary/aromatic N) is 1. The molecule has 1 aromatic carbocycles. The summed E-state index contributed by atoms with van der Waals surface area (Å²) in [6, 6.07) is 3.79. The van der Waals surface area contributed by atoms with E-state index in [0.717, 1.165) is 6.07 Å². The monoisotopic (exact) mass is 221 g/mol. The summed E-state index contributed by atoms with van der Waals surface area (Å²) >= 11 is 0.320. The number of hydrogen-bond donors (Lipinski definition) is 0. The molecule has 0 fully saturated rings. The number of alkyl halides is 3. The van der Waals surface area contributed by atoms with Gasteiger partial charge in [-0.15, -0.1) is 11.3 Å². The van der Waals surface area contributed by atoms with Crippen molar-refractivity contribution in [1.82, 2.24) is 4.98 Å². The molecule has 0 N–H and O–H groups in total. The van der Waals surface area contributed by atoms with Crippen molar-refractivity contribution in [2.45, 2.75) is 6.18 Å². The van der Waals surface area contributed by atoms with Crippen molar-refractivity contribution in [2.75, 3.05) is 0 Å². The maximum absolute atomic E-state index is 13.0. The Morgan fingerprint density at radius 1 is 1.21 bits per heavy atom. The van der Waals surface area contributed by atoms with Crippen LogP contribution in [0.4, 0.5) is 17.6 Å². The van der Waals surface area contributed by atoms with Crippen LogP contribution in [0.15, 0.2) is 18.2 Å². The molecule has 0 amide bonds. The second-order valence-corrected chi connectivity index (χ2v) is 3.60. The van der Waals surface area contributed by atoms with Crippen LogP contribution in [0.2, 0.25) is 0 Å². The summed E-state index contributed by atoms with van der Waals surface area (Å²) < 4.78 is 49.5. The van der Waals surface area contributed by atoms with Crippen molar-refractivity contribution in [3.8, 4) is 0 Å². The van der Waals surface area contributed by atoms with E-state index in [1.54, 1.807) is 0 Å². The van der Waals surface area contributed by atoms with Gasteiger partial charge in [-0.2, -0.15) is 13.2 Å². The van der Waals surface area contributed by atoms with E-state index in [4.69, 9.17) is 0 Å². The molecule has 0 atom stereocenters. The van der Waals surface area contributed by atoms with E-state index in [2.05, 4.69) is 4.98 Å². The first kappa shape index (κ1) is 9.39. The molecule has 1 nitrogen and oxygen atoms in total. The molecule has 0 unspecified atom stereocenters. The predicted octanol–water partition coefficient (Wildman–Crippen LogP) is 3.45. The topological polar surface area (TPSA) is 12.9 Å². The SMILES string of the molecule is Fc1cccc2nc(C(F)(F)F)sc12. The van der Waals surface area contributed by atoms with Crippen LogP contribution >= 0.6 is 11.3 Å². The summed E-state index contributed by atoms with van der Waals surface area (Å²) in [5, 5.41) is -1.02. The van der Waals surface area contributed by atoms with Gasteiger partial charge in [0.25, 0.3) is 0 Å². The Bertz CT molecular complexity index is 474. The lowest BCUT2D eigenvalue weighted by Crippen LogP contribution is -2.03. The lowest BCUT2D eigenvalue weighted by atomic mass is 10.3. The van der Waals surface area contributed by atoms with Crippen LogP contribution in [0.5, 0.6) is 0 Å². The second kappa shape index (κ2) is 2.91. The van der Waals surface area contributed by atoms with Crippen molar-refractivity contribution in [3.63, 3.8) is 0 Å². The summed E-state index contributed by atoms with van der Waals surface area (Å²) in [4.78, 5) is 3.30. The van der Waals surface area contributed by atoms with E-state index in [9.17, 15) is 17.6 Å². The Kier molecular flexibility index (Phi) is 1.95. The maximum Gasteiger partial charge on any atom is 0.443 e. The highest BCUT2D eigenvalue weighted by molar-refractivity contribution is 7.18. The fourth-order valence-corrected chi connectivity index (χ4v) is 1.87. The zero-order valence-corrected chi connectivity index (χ0v) is 7.42. The number of fused-ring (bicyclic) bond motifs is 1. The molecule has 74 valence electrons. The molecule has 0 aliphatic heterocycles. The van der Waals surface area contributed by atoms with E-state index in [1.807, 2.05) is 0 Å². The molecule has 0 saturated heterocycles. The zero-order chi connectivity index (χ0) is 10.3. The fraction of sp³-hybridized carbons (Fsp3) is 0.125. The minimum Gasteiger partial charge on any atom is -0.232 e. The second-order valence-electron chi connectivity index (χ2n) is 2.60. The molecule has 0 aliphatic carbocycles. The summed E-state index contributed by atoms with van der Waals surface area (Å²) in [6.07, 6.45) is -4.50. The van der Waals surface area contributed by atoms with Gasteiger partial charge in [-0.25, -0.2) is 9.37 Å². The van der Waals surface area contributed by atoms with Crippen molar-refractivity contribution >= 4 is 21.6 Å². The first-order valence-corrected chi connectivity index (χ1v) is 4.42. The average Bonchev–Trinajstić information content (AvgIpc) is 2.48. The van der Waals surface area contributed by atoms with Crippen molar-refractivity contribution in [1.29, 1.82) is 0 Å². The van der Waals surface area contributed by atoms with E-state index in [0.29, 0.717) is 11.3 Å². The fourth-order valence-electron chi connectivity index (χ4n) is 1.04. The van der Waals surface area contributed by atoms with Gasteiger partial charge in [-0.3, -0.25) is 0 Å². The molecule has 6 heteroatoms. The number of benzene rings is 1. The number of aromatic nitrogens is 1. The third kappa shape index (κ3) is 1.45. The van der Waals surface area contributed by atoms with Gasteiger partial charge < -0.3 is 0 Å². The van der Waals surface area contributed by atoms with Crippen molar-refractivity contribution in [3.05, 3.63) is 29.0 Å². The minimum atomic E-state index is -4.50. The Hall–Kier alpha value is -1.17. The van der Waals surface area contributed by atoms with Crippen LogP contribution in [-0.2, 0) is 6.18 Å². The van der Waals surface area contributed by atoms with Gasteiger partial charge in [0.15, 0.2) is 5.01 Å². The van der Waals surface area contributed by atoms with E-state index < -0.39 is 17.0 Å². The molecule has 0 bridgehead atoms. The van der Waals surface area contributed by atoms with Crippen LogP contribution in [0, 0.1) is 5.82 Å². The van der Waals surface area contributed by atoms with Gasteiger partial charge in [-0.1, -0.05) is 6.07 Å². The molecule has 14 heavy (non-hydrogen) atoms. The van der Waals surface area contributed by atoms with Crippen molar-refractivity contribution < 1.29 is 17.6 Å². The number of thiazole rings is 1. The van der Waals surface area contributed by atoms with Gasteiger partial charge in [0, 0.05) is 0 Å². The quantitative estimate of drug-likeness (QED) is 0.621. The third-order valence-corrected chi connectivity index (χ3v) is 2.73. The highest BCUT2D eigenvalue weighted by atomic mass is 32.1. The smallest absolute Gasteiger partial charge is 0.232 e. The molecule has 1 aromatic heterocycles. The number of rotatable bonds is 0. The lowest BCUT2D eigenvalue weighted by molar-refractivity contribution is -0.137. The van der Waals surface area contributed by atoms with Crippen LogP contribution < -0.4 is 0 Å². The average molecular weight is 221 g/mol. The van der Waals surface area contributed by atoms with Gasteiger partial charge in [-0.05, 0) is 12.1 Å². The highest BCUT2D eigenvalue weighted by Crippen LogP contribution is 2.36. The van der Waals surface area contributed by atoms with Gasteiger partial charge in [0.2, 0.25) is 0 Å². The molecule has 0 radical (unpaired) electrons. The zero-order valence-electron chi connectivity index (χ0n) is 6.60. The lowest BCUT2D eigenvalue weighted by Gasteiger charge is -1.98. The normalized spacial score (nSPS) is 12.3. The summed E-state index contributed by atoms with van der Waals surface area (Å²) in [6.45, 7) is 0. The molecular weight excluding hydrogens is 218 g/mol. The van der Waals surface area contributed by atoms with Crippen LogP contribution in [0.25, 0.3) is 10.2 Å². The summed E-state index contributed by atoms with van der Waals surface area (Å²) in [5.41, 5.74) is 0.0438. The molecule has 0 spiro atoms. The Labute approximate surface area is 80.0 Å². The molecule has 2 rings (SSSR count). The number of hydrogen-bond acceptors (Lipinski definition) is 2. The Balaban J connectivity index is 2.69. The van der Waals surface area contributed by atoms with Crippen LogP contribution in [0.1, 0.15) is 5.01 Å². The highest BCUT2D eigenvalue weighted by Gasteiger charge is 2.35. The Morgan fingerprint density at radius 2 is 1.93 bits per heavy atom. The Morgan fingerprint density at radius 3 is 2.50 bits per heavy atom. The van der Waals surface area contributed by atoms with Gasteiger partial charge in [0.1, 0.15) is 5.82 Å². The summed E-state index contributed by atoms with van der Waals surface area (Å²) in [7, 11) is 0. The molecule has 1 heterocycles. The van der Waals surface area contributed by atoms with Gasteiger partial charge in [0.05, 0.1) is 10.2 Å². The standard InChI is InChI=1S/C8H3F4NS/c9-4-2-1-3-5-6(4)14-7(13-5)8(10,11)12/h1-3H. The van der Waals surface area contributed by atoms with Gasteiger partial charge >= 0.3 is 6.18 Å². The molecular formula is C8H3F4NS. The van der Waals surface area contributed by atoms with Crippen LogP contribution in [0.3, 0.4) is 0 Å². The largest absolute Gasteiger partial charge is 0.443 e. The molecule has 2 aromatic rings. The van der Waals surface area contributed by atoms with E-state index in [-0.39, 0.29) is 10.2 Å². The van der Waals surface area contributed by atoms with E-state index >= 15 is 0 Å². The first-order chi connectivity index (χ1) is 6.48. The predicted molar refractivity (Wildman–Crippen MR) is 44.6 cm³/mol. The van der Waals surface area contributed by atoms with Crippen molar-refractivity contribution in [2.24, 2.45) is 0 Å². The molecule has 0 aliphatic rings. The molecule has 0 saturated carbocycles. The first-order valence-electron chi connectivity index (χ1n) is 3.61. The summed E-state index contributed by atoms with van der Waals surface area (Å²) in [5.74, 6) is -0.671. The maximum atomic E-state index is 13.0. The minimum absolute atomic E-state index is 0.0438. The third-order valence-electron chi connectivity index (χ3n) is 1.61. The van der Waals surface area contributed by atoms with E-state index in [1.165, 1.54) is 12.1 Å².